The molecule has 1 aliphatic heterocycles. The summed E-state index contributed by atoms with van der Waals surface area (Å²) < 4.78 is 8.04. The molecule has 0 radical (unpaired) electrons. The number of carboxylic acid groups (broad SMARTS) is 1. The average molecular weight is 480 g/mol. The first-order valence-electron chi connectivity index (χ1n) is 11.5. The third kappa shape index (κ3) is 5.37. The van der Waals surface area contributed by atoms with Crippen LogP contribution in [0.3, 0.4) is 0 Å². The van der Waals surface area contributed by atoms with Crippen LogP contribution in [0.25, 0.3) is 11.0 Å². The zero-order valence-corrected chi connectivity index (χ0v) is 21.2. The van der Waals surface area contributed by atoms with Crippen LogP contribution in [0.15, 0.2) is 6.20 Å². The molecule has 0 bridgehead atoms. The van der Waals surface area contributed by atoms with E-state index in [-0.39, 0.29) is 17.4 Å². The Balaban J connectivity index is 1.59. The summed E-state index contributed by atoms with van der Waals surface area (Å²) in [5.74, 6) is 1.21. The summed E-state index contributed by atoms with van der Waals surface area (Å²) in [6, 6.07) is 1.13. The minimum absolute atomic E-state index is 0.0140. The summed E-state index contributed by atoms with van der Waals surface area (Å²) in [6.07, 6.45) is 5.27. The second-order valence-electron chi connectivity index (χ2n) is 10.4. The van der Waals surface area contributed by atoms with Crippen molar-refractivity contribution >= 4 is 42.6 Å². The van der Waals surface area contributed by atoms with Crippen LogP contribution in [0, 0.1) is 0 Å². The molecular weight excluding hydrogens is 446 g/mol. The fraction of sp³-hybridized carbons (Fsp3) is 0.682. The molecule has 1 saturated heterocycles. The molecule has 0 unspecified atom stereocenters. The molecule has 3 heterocycles. The highest BCUT2D eigenvalue weighted by Crippen LogP contribution is 2.45. The van der Waals surface area contributed by atoms with Gasteiger partial charge in [-0.05, 0) is 61.7 Å². The van der Waals surface area contributed by atoms with Gasteiger partial charge in [-0.15, -0.1) is 0 Å². The highest BCUT2D eigenvalue weighted by molar-refractivity contribution is 6.76. The van der Waals surface area contributed by atoms with Crippen molar-refractivity contribution < 1.29 is 14.6 Å². The molecule has 176 valence electrons. The number of amides is 1. The van der Waals surface area contributed by atoms with E-state index < -0.39 is 14.2 Å². The standard InChI is InChI=1S/C22H34ClN5O3Si/c1-14-5-8-16(11-28(14)22(29)30)24-19-18-17(15-6-7-15)12-27(20(18)26-21(23)25-19)13-31-9-10-32(2,3)4/h12,14-16H,5-11,13H2,1-4H3,(H,29,30)(H,24,25,26)/t14-,16+/m0/s1. The second kappa shape index (κ2) is 9.19. The van der Waals surface area contributed by atoms with Crippen LogP contribution < -0.4 is 5.32 Å². The Bertz CT molecular complexity index is 988. The van der Waals surface area contributed by atoms with Crippen molar-refractivity contribution in [3.8, 4) is 0 Å². The lowest BCUT2D eigenvalue weighted by atomic mass is 9.99. The summed E-state index contributed by atoms with van der Waals surface area (Å²) in [7, 11) is -1.15. The van der Waals surface area contributed by atoms with Gasteiger partial charge in [0.15, 0.2) is 0 Å². The molecule has 0 aromatic carbocycles. The van der Waals surface area contributed by atoms with Crippen LogP contribution in [-0.2, 0) is 11.5 Å². The maximum absolute atomic E-state index is 11.6. The van der Waals surface area contributed by atoms with Crippen molar-refractivity contribution in [1.82, 2.24) is 19.4 Å². The molecule has 2 aromatic heterocycles. The molecule has 1 aliphatic carbocycles. The van der Waals surface area contributed by atoms with E-state index in [1.807, 2.05) is 11.5 Å². The normalized spacial score (nSPS) is 21.8. The number of nitrogens with one attached hydrogen (secondary N) is 1. The van der Waals surface area contributed by atoms with E-state index in [0.29, 0.717) is 25.0 Å². The average Bonchev–Trinajstić information content (AvgIpc) is 3.48. The van der Waals surface area contributed by atoms with Gasteiger partial charge in [0.2, 0.25) is 5.28 Å². The summed E-state index contributed by atoms with van der Waals surface area (Å²) in [6.45, 7) is 10.6. The lowest BCUT2D eigenvalue weighted by molar-refractivity contribution is 0.0898. The highest BCUT2D eigenvalue weighted by Gasteiger charge is 2.32. The van der Waals surface area contributed by atoms with E-state index in [1.165, 1.54) is 10.5 Å². The molecule has 2 atom stereocenters. The molecule has 2 N–H and O–H groups in total. The smallest absolute Gasteiger partial charge is 0.407 e. The zero-order valence-electron chi connectivity index (χ0n) is 19.4. The van der Waals surface area contributed by atoms with Gasteiger partial charge < -0.3 is 24.6 Å². The SMILES string of the molecule is C[C@H]1CC[C@@H](Nc2nc(Cl)nc3c2c(C2CC2)cn3COCC[Si](C)(C)C)CN1C(=O)O. The Hall–Kier alpha value is -1.84. The van der Waals surface area contributed by atoms with Crippen molar-refractivity contribution in [1.29, 1.82) is 0 Å². The Kier molecular flexibility index (Phi) is 6.70. The Labute approximate surface area is 195 Å². The topological polar surface area (TPSA) is 92.5 Å². The van der Waals surface area contributed by atoms with Crippen molar-refractivity contribution in [2.24, 2.45) is 0 Å². The predicted octanol–water partition coefficient (Wildman–Crippen LogP) is 5.22. The number of carbonyl (C=O) groups is 1. The van der Waals surface area contributed by atoms with Gasteiger partial charge in [-0.3, -0.25) is 0 Å². The molecule has 0 spiro atoms. The lowest BCUT2D eigenvalue weighted by Gasteiger charge is -2.36. The summed E-state index contributed by atoms with van der Waals surface area (Å²) in [5, 5.41) is 14.2. The number of piperidine rings is 1. The first kappa shape index (κ1) is 23.3. The zero-order chi connectivity index (χ0) is 23.0. The number of hydrogen-bond donors (Lipinski definition) is 2. The molecule has 4 rings (SSSR count). The van der Waals surface area contributed by atoms with Gasteiger partial charge in [0.05, 0.1) is 5.39 Å². The second-order valence-corrected chi connectivity index (χ2v) is 16.4. The van der Waals surface area contributed by atoms with Crippen LogP contribution in [0.2, 0.25) is 31.0 Å². The van der Waals surface area contributed by atoms with Crippen LogP contribution in [0.4, 0.5) is 10.6 Å². The Morgan fingerprint density at radius 1 is 1.28 bits per heavy atom. The molecule has 2 aromatic rings. The molecule has 8 nitrogen and oxygen atoms in total. The molecule has 2 aliphatic rings. The first-order valence-corrected chi connectivity index (χ1v) is 15.6. The van der Waals surface area contributed by atoms with Crippen LogP contribution in [-0.4, -0.2) is 63.9 Å². The number of likely N-dealkylation sites (tertiary alicyclic amines) is 1. The molecule has 1 amide bonds. The van der Waals surface area contributed by atoms with E-state index in [2.05, 4.69) is 41.1 Å². The van der Waals surface area contributed by atoms with Gasteiger partial charge in [-0.1, -0.05) is 19.6 Å². The van der Waals surface area contributed by atoms with Crippen molar-refractivity contribution in [3.05, 3.63) is 17.0 Å². The molecular formula is C22H34ClN5O3Si. The van der Waals surface area contributed by atoms with Gasteiger partial charge in [-0.25, -0.2) is 9.78 Å². The van der Waals surface area contributed by atoms with Gasteiger partial charge in [0.1, 0.15) is 18.2 Å². The van der Waals surface area contributed by atoms with Crippen LogP contribution in [0.5, 0.6) is 0 Å². The number of rotatable bonds is 8. The number of hydrogen-bond acceptors (Lipinski definition) is 5. The number of fused-ring (bicyclic) bond motifs is 1. The predicted molar refractivity (Wildman–Crippen MR) is 129 cm³/mol. The fourth-order valence-electron chi connectivity index (χ4n) is 4.32. The monoisotopic (exact) mass is 479 g/mol. The minimum Gasteiger partial charge on any atom is -0.465 e. The largest absolute Gasteiger partial charge is 0.465 e. The van der Waals surface area contributed by atoms with Gasteiger partial charge in [0, 0.05) is 39.5 Å². The number of halogens is 1. The first-order chi connectivity index (χ1) is 15.1. The summed E-state index contributed by atoms with van der Waals surface area (Å²) in [4.78, 5) is 22.2. The highest BCUT2D eigenvalue weighted by atomic mass is 35.5. The Morgan fingerprint density at radius 3 is 2.69 bits per heavy atom. The van der Waals surface area contributed by atoms with Crippen molar-refractivity contribution in [2.75, 3.05) is 18.5 Å². The molecule has 10 heteroatoms. The fourth-order valence-corrected chi connectivity index (χ4v) is 5.24. The molecule has 2 fully saturated rings. The maximum Gasteiger partial charge on any atom is 0.407 e. The maximum atomic E-state index is 11.6. The van der Waals surface area contributed by atoms with Crippen molar-refractivity contribution in [2.45, 2.75) is 83.0 Å². The van der Waals surface area contributed by atoms with E-state index >= 15 is 0 Å². The lowest BCUT2D eigenvalue weighted by Crippen LogP contribution is -2.49. The van der Waals surface area contributed by atoms with Crippen molar-refractivity contribution in [3.63, 3.8) is 0 Å². The van der Waals surface area contributed by atoms with E-state index in [1.54, 1.807) is 0 Å². The minimum atomic E-state index is -1.15. The number of nitrogens with zero attached hydrogens (tertiary/aromatic N) is 4. The van der Waals surface area contributed by atoms with E-state index in [4.69, 9.17) is 16.3 Å². The van der Waals surface area contributed by atoms with E-state index in [9.17, 15) is 9.90 Å². The summed E-state index contributed by atoms with van der Waals surface area (Å²) >= 11 is 6.33. The summed E-state index contributed by atoms with van der Waals surface area (Å²) in [5.41, 5.74) is 2.01. The van der Waals surface area contributed by atoms with Crippen LogP contribution >= 0.6 is 11.6 Å². The third-order valence-electron chi connectivity index (χ3n) is 6.43. The number of aromatic nitrogens is 3. The van der Waals surface area contributed by atoms with Gasteiger partial charge >= 0.3 is 6.09 Å². The van der Waals surface area contributed by atoms with Crippen LogP contribution in [0.1, 0.15) is 44.1 Å². The number of ether oxygens (including phenoxy) is 1. The number of anilines is 1. The van der Waals surface area contributed by atoms with Gasteiger partial charge in [0.25, 0.3) is 0 Å². The third-order valence-corrected chi connectivity index (χ3v) is 8.30. The molecule has 1 saturated carbocycles. The Morgan fingerprint density at radius 2 is 2.03 bits per heavy atom. The quantitative estimate of drug-likeness (QED) is 0.306. The molecule has 32 heavy (non-hydrogen) atoms. The van der Waals surface area contributed by atoms with Gasteiger partial charge in [-0.2, -0.15) is 4.98 Å². The van der Waals surface area contributed by atoms with E-state index in [0.717, 1.165) is 49.4 Å².